The van der Waals surface area contributed by atoms with Gasteiger partial charge in [0.1, 0.15) is 0 Å². The maximum absolute atomic E-state index is 11.4. The number of rotatable bonds is 6. The van der Waals surface area contributed by atoms with Gasteiger partial charge in [0.25, 0.3) is 0 Å². The maximum Gasteiger partial charge on any atom is 0.331 e. The summed E-state index contributed by atoms with van der Waals surface area (Å²) in [5, 5.41) is 10.5. The van der Waals surface area contributed by atoms with Gasteiger partial charge in [-0.15, -0.1) is 0 Å². The minimum Gasteiger partial charge on any atom is -0.464 e. The van der Waals surface area contributed by atoms with Gasteiger partial charge in [0.05, 0.1) is 11.5 Å². The molecule has 0 aliphatic heterocycles. The predicted molar refractivity (Wildman–Crippen MR) is 64.6 cm³/mol. The summed E-state index contributed by atoms with van der Waals surface area (Å²) in [6.45, 7) is 5.30. The van der Waals surface area contributed by atoms with E-state index in [0.717, 1.165) is 11.3 Å². The Morgan fingerprint density at radius 1 is 1.71 bits per heavy atom. The summed E-state index contributed by atoms with van der Waals surface area (Å²) in [7, 11) is 0. The molecule has 1 aromatic heterocycles. The number of aliphatic imine (C=N–C) groups is 1. The van der Waals surface area contributed by atoms with E-state index in [-0.39, 0.29) is 18.0 Å². The molecule has 0 saturated heterocycles. The lowest BCUT2D eigenvalue weighted by Crippen LogP contribution is -2.23. The van der Waals surface area contributed by atoms with Crippen LogP contribution in [0.15, 0.2) is 17.1 Å². The molecular weight excluding hydrogens is 244 g/mol. The monoisotopic (exact) mass is 256 g/mol. The van der Waals surface area contributed by atoms with Crippen molar-refractivity contribution in [3.05, 3.63) is 27.1 Å². The zero-order valence-corrected chi connectivity index (χ0v) is 10.1. The molecule has 1 atom stereocenters. The number of hydrogen-bond acceptors (Lipinski definition) is 6. The van der Waals surface area contributed by atoms with E-state index in [9.17, 15) is 14.9 Å². The van der Waals surface area contributed by atoms with Crippen LogP contribution in [0, 0.1) is 10.1 Å². The fourth-order valence-corrected chi connectivity index (χ4v) is 2.08. The van der Waals surface area contributed by atoms with E-state index in [0.29, 0.717) is 4.88 Å². The highest BCUT2D eigenvalue weighted by Gasteiger charge is 2.20. The first-order valence-corrected chi connectivity index (χ1v) is 5.75. The van der Waals surface area contributed by atoms with Crippen LogP contribution in [0.5, 0.6) is 0 Å². The second-order valence-electron chi connectivity index (χ2n) is 3.15. The molecule has 0 aromatic carbocycles. The maximum atomic E-state index is 11.4. The van der Waals surface area contributed by atoms with Crippen molar-refractivity contribution in [2.75, 3.05) is 6.61 Å². The number of hydrogen-bond donors (Lipinski definition) is 0. The van der Waals surface area contributed by atoms with Crippen LogP contribution >= 0.6 is 11.3 Å². The molecule has 1 aromatic rings. The van der Waals surface area contributed by atoms with Crippen molar-refractivity contribution in [3.63, 3.8) is 0 Å². The number of nitro groups is 1. The summed E-state index contributed by atoms with van der Waals surface area (Å²) in [4.78, 5) is 25.8. The minimum absolute atomic E-state index is 0.0478. The van der Waals surface area contributed by atoms with Crippen LogP contribution in [0.1, 0.15) is 11.8 Å². The first-order valence-electron chi connectivity index (χ1n) is 4.94. The lowest BCUT2D eigenvalue weighted by molar-refractivity contribution is -0.380. The third-order valence-electron chi connectivity index (χ3n) is 2.00. The quantitative estimate of drug-likeness (QED) is 0.336. The highest BCUT2D eigenvalue weighted by molar-refractivity contribution is 7.15. The van der Waals surface area contributed by atoms with Crippen molar-refractivity contribution in [3.8, 4) is 0 Å². The van der Waals surface area contributed by atoms with Gasteiger partial charge in [-0.2, -0.15) is 0 Å². The topological polar surface area (TPSA) is 81.8 Å². The van der Waals surface area contributed by atoms with E-state index in [4.69, 9.17) is 4.74 Å². The highest BCUT2D eigenvalue weighted by Crippen LogP contribution is 2.25. The van der Waals surface area contributed by atoms with E-state index in [2.05, 4.69) is 11.7 Å². The van der Waals surface area contributed by atoms with Crippen LogP contribution < -0.4 is 0 Å². The van der Waals surface area contributed by atoms with E-state index < -0.39 is 16.9 Å². The highest BCUT2D eigenvalue weighted by atomic mass is 32.1. The van der Waals surface area contributed by atoms with Crippen molar-refractivity contribution in [1.82, 2.24) is 0 Å². The second-order valence-corrected chi connectivity index (χ2v) is 4.30. The zero-order chi connectivity index (χ0) is 12.8. The summed E-state index contributed by atoms with van der Waals surface area (Å²) in [5.74, 6) is -0.460. The lowest BCUT2D eigenvalue weighted by atomic mass is 10.2. The molecule has 0 bridgehead atoms. The van der Waals surface area contributed by atoms with Crippen molar-refractivity contribution in [2.45, 2.75) is 19.4 Å². The fourth-order valence-electron chi connectivity index (χ4n) is 1.23. The van der Waals surface area contributed by atoms with E-state index >= 15 is 0 Å². The van der Waals surface area contributed by atoms with Crippen LogP contribution in [0.2, 0.25) is 0 Å². The van der Waals surface area contributed by atoms with Gasteiger partial charge in [-0.05, 0) is 19.7 Å². The van der Waals surface area contributed by atoms with Gasteiger partial charge in [0.15, 0.2) is 6.04 Å². The Morgan fingerprint density at radius 3 is 2.88 bits per heavy atom. The van der Waals surface area contributed by atoms with Crippen molar-refractivity contribution in [2.24, 2.45) is 4.99 Å². The van der Waals surface area contributed by atoms with Crippen LogP contribution in [0.25, 0.3) is 0 Å². The van der Waals surface area contributed by atoms with Crippen molar-refractivity contribution in [1.29, 1.82) is 0 Å². The van der Waals surface area contributed by atoms with Crippen LogP contribution in [0.4, 0.5) is 5.00 Å². The first-order chi connectivity index (χ1) is 8.08. The van der Waals surface area contributed by atoms with Crippen molar-refractivity contribution < 1.29 is 14.5 Å². The van der Waals surface area contributed by atoms with Gasteiger partial charge >= 0.3 is 11.0 Å². The third-order valence-corrected chi connectivity index (χ3v) is 3.06. The molecule has 0 saturated carbocycles. The van der Waals surface area contributed by atoms with E-state index in [1.807, 2.05) is 0 Å². The van der Waals surface area contributed by atoms with E-state index in [1.165, 1.54) is 6.07 Å². The van der Waals surface area contributed by atoms with Crippen LogP contribution in [0.3, 0.4) is 0 Å². The molecule has 17 heavy (non-hydrogen) atoms. The molecule has 0 amide bonds. The molecule has 1 unspecified atom stereocenters. The fraction of sp³-hybridized carbons (Fsp3) is 0.400. The molecule has 0 radical (unpaired) electrons. The molecule has 1 rings (SSSR count). The average molecular weight is 256 g/mol. The molecule has 7 heteroatoms. The summed E-state index contributed by atoms with van der Waals surface area (Å²) in [6.07, 6.45) is 0.279. The Morgan fingerprint density at radius 2 is 2.41 bits per heavy atom. The number of thiophene rings is 1. The summed E-state index contributed by atoms with van der Waals surface area (Å²) >= 11 is 1.03. The standard InChI is InChI=1S/C10H12N2O4S/c1-3-16-10(13)8(11-2)6-7-4-5-9(17-7)12(14)15/h4-5,8H,2-3,6H2,1H3. The van der Waals surface area contributed by atoms with Gasteiger partial charge in [-0.3, -0.25) is 15.1 Å². The minimum atomic E-state index is -0.701. The Hall–Kier alpha value is -1.76. The van der Waals surface area contributed by atoms with Gasteiger partial charge < -0.3 is 4.74 Å². The third kappa shape index (κ3) is 3.63. The molecule has 0 spiro atoms. The Kier molecular flexibility index (Phi) is 4.77. The number of esters is 1. The van der Waals surface area contributed by atoms with E-state index in [1.54, 1.807) is 13.0 Å². The normalized spacial score (nSPS) is 11.8. The second kappa shape index (κ2) is 6.09. The zero-order valence-electron chi connectivity index (χ0n) is 9.29. The average Bonchev–Trinajstić information content (AvgIpc) is 2.74. The molecule has 0 aliphatic rings. The van der Waals surface area contributed by atoms with Gasteiger partial charge in [-0.1, -0.05) is 11.3 Å². The SMILES string of the molecule is C=NC(Cc1ccc([N+](=O)[O-])s1)C(=O)OCC. The Balaban J connectivity index is 2.70. The molecule has 1 heterocycles. The number of carbonyl (C=O) groups is 1. The molecule has 92 valence electrons. The van der Waals surface area contributed by atoms with Crippen LogP contribution in [-0.4, -0.2) is 30.3 Å². The smallest absolute Gasteiger partial charge is 0.331 e. The van der Waals surface area contributed by atoms with Gasteiger partial charge in [0, 0.05) is 17.4 Å². The van der Waals surface area contributed by atoms with Gasteiger partial charge in [0.2, 0.25) is 0 Å². The molecule has 0 aliphatic carbocycles. The molecule has 0 fully saturated rings. The van der Waals surface area contributed by atoms with Crippen LogP contribution in [-0.2, 0) is 16.0 Å². The molecule has 0 N–H and O–H groups in total. The Bertz CT molecular complexity index is 430. The first kappa shape index (κ1) is 13.3. The van der Waals surface area contributed by atoms with Crippen molar-refractivity contribution >= 4 is 29.0 Å². The number of carbonyl (C=O) groups excluding carboxylic acids is 1. The summed E-state index contributed by atoms with van der Waals surface area (Å²) < 4.78 is 4.82. The largest absolute Gasteiger partial charge is 0.464 e. The number of ether oxygens (including phenoxy) is 1. The molecule has 6 nitrogen and oxygen atoms in total. The lowest BCUT2D eigenvalue weighted by Gasteiger charge is -2.08. The Labute approximate surface area is 102 Å². The predicted octanol–water partition coefficient (Wildman–Crippen LogP) is 1.83. The summed E-state index contributed by atoms with van der Waals surface area (Å²) in [6, 6.07) is 2.32. The molecular formula is C10H12N2O4S. The number of nitrogens with zero attached hydrogens (tertiary/aromatic N) is 2. The van der Waals surface area contributed by atoms with Gasteiger partial charge in [-0.25, -0.2) is 4.79 Å². The summed E-state index contributed by atoms with van der Waals surface area (Å²) in [5.41, 5.74) is 0.